The quantitative estimate of drug-likeness (QED) is 0.883. The van der Waals surface area contributed by atoms with Crippen LogP contribution >= 0.6 is 0 Å². The largest absolute Gasteiger partial charge is 0.586 e. The molecular weight excluding hydrogens is 228 g/mol. The topological polar surface area (TPSA) is 44.5 Å². The van der Waals surface area contributed by atoms with Gasteiger partial charge in [0, 0.05) is 11.6 Å². The van der Waals surface area contributed by atoms with Crippen LogP contribution in [0.1, 0.15) is 37.8 Å². The molecule has 0 saturated carbocycles. The molecule has 5 heteroatoms. The fourth-order valence-electron chi connectivity index (χ4n) is 1.86. The summed E-state index contributed by atoms with van der Waals surface area (Å²) in [5.74, 6) is 0.126. The third-order valence-corrected chi connectivity index (χ3v) is 2.73. The zero-order valence-corrected chi connectivity index (χ0v) is 9.58. The minimum Gasteiger partial charge on any atom is -0.395 e. The van der Waals surface area contributed by atoms with Crippen molar-refractivity contribution >= 4 is 0 Å². The number of unbranched alkanes of at least 4 members (excludes halogenated alkanes) is 1. The molecule has 1 aliphatic heterocycles. The molecule has 0 saturated heterocycles. The second-order valence-electron chi connectivity index (χ2n) is 4.09. The van der Waals surface area contributed by atoms with Crippen LogP contribution in [-0.2, 0) is 0 Å². The molecule has 0 amide bonds. The lowest BCUT2D eigenvalue weighted by molar-refractivity contribution is -0.287. The summed E-state index contributed by atoms with van der Waals surface area (Å²) in [6.07, 6.45) is -0.886. The van der Waals surface area contributed by atoms with E-state index >= 15 is 0 Å². The molecule has 2 N–H and O–H groups in total. The number of rotatable bonds is 4. The lowest BCUT2D eigenvalue weighted by atomic mass is 10.0. The van der Waals surface area contributed by atoms with Gasteiger partial charge in [0.05, 0.1) is 0 Å². The highest BCUT2D eigenvalue weighted by Crippen LogP contribution is 2.45. The fraction of sp³-hybridized carbons (Fsp3) is 0.500. The van der Waals surface area contributed by atoms with E-state index in [9.17, 15) is 8.78 Å². The maximum absolute atomic E-state index is 12.9. The molecule has 2 rings (SSSR count). The maximum atomic E-state index is 12.9. The van der Waals surface area contributed by atoms with Crippen LogP contribution in [0.15, 0.2) is 18.2 Å². The molecule has 1 atom stereocenters. The number of para-hydroxylation sites is 1. The van der Waals surface area contributed by atoms with E-state index in [1.54, 1.807) is 12.1 Å². The van der Waals surface area contributed by atoms with E-state index in [1.807, 2.05) is 0 Å². The fourth-order valence-corrected chi connectivity index (χ4v) is 1.86. The summed E-state index contributed by atoms with van der Waals surface area (Å²) in [4.78, 5) is 0. The maximum Gasteiger partial charge on any atom is 0.586 e. The summed E-state index contributed by atoms with van der Waals surface area (Å²) in [5.41, 5.74) is 6.54. The molecule has 17 heavy (non-hydrogen) atoms. The van der Waals surface area contributed by atoms with Crippen LogP contribution < -0.4 is 15.2 Å². The molecule has 1 heterocycles. The molecule has 0 radical (unpaired) electrons. The SMILES string of the molecule is CCCC[C@H](N)c1cccc2c1OC(F)(F)O2. The highest BCUT2D eigenvalue weighted by Gasteiger charge is 2.44. The third-order valence-electron chi connectivity index (χ3n) is 2.73. The Balaban J connectivity index is 2.23. The van der Waals surface area contributed by atoms with Crippen molar-refractivity contribution in [1.29, 1.82) is 0 Å². The van der Waals surface area contributed by atoms with Crippen molar-refractivity contribution < 1.29 is 18.3 Å². The van der Waals surface area contributed by atoms with Crippen LogP contribution in [0, 0.1) is 0 Å². The van der Waals surface area contributed by atoms with Crippen LogP contribution in [0.25, 0.3) is 0 Å². The number of nitrogens with two attached hydrogens (primary N) is 1. The molecule has 0 bridgehead atoms. The van der Waals surface area contributed by atoms with Crippen molar-refractivity contribution in [3.63, 3.8) is 0 Å². The number of halogens is 2. The normalized spacial score (nSPS) is 18.1. The Morgan fingerprint density at radius 3 is 2.82 bits per heavy atom. The van der Waals surface area contributed by atoms with Gasteiger partial charge in [-0.25, -0.2) is 0 Å². The molecule has 1 aromatic rings. The Morgan fingerprint density at radius 2 is 2.12 bits per heavy atom. The van der Waals surface area contributed by atoms with Crippen molar-refractivity contribution in [3.8, 4) is 11.5 Å². The van der Waals surface area contributed by atoms with E-state index < -0.39 is 6.29 Å². The third kappa shape index (κ3) is 2.49. The number of fused-ring (bicyclic) bond motifs is 1. The van der Waals surface area contributed by atoms with Crippen molar-refractivity contribution in [2.45, 2.75) is 38.5 Å². The second-order valence-corrected chi connectivity index (χ2v) is 4.09. The van der Waals surface area contributed by atoms with Crippen LogP contribution in [0.3, 0.4) is 0 Å². The summed E-state index contributed by atoms with van der Waals surface area (Å²) >= 11 is 0. The standard InChI is InChI=1S/C12H15F2NO2/c1-2-3-6-9(15)8-5-4-7-10-11(8)17-12(13,14)16-10/h4-5,7,9H,2-3,6,15H2,1H3/t9-/m0/s1. The molecule has 3 nitrogen and oxygen atoms in total. The molecule has 94 valence electrons. The van der Waals surface area contributed by atoms with Crippen molar-refractivity contribution in [2.24, 2.45) is 5.73 Å². The van der Waals surface area contributed by atoms with Gasteiger partial charge in [0.25, 0.3) is 0 Å². The van der Waals surface area contributed by atoms with E-state index in [1.165, 1.54) is 6.07 Å². The lowest BCUT2D eigenvalue weighted by Gasteiger charge is -2.13. The zero-order chi connectivity index (χ0) is 12.5. The highest BCUT2D eigenvalue weighted by molar-refractivity contribution is 5.50. The average Bonchev–Trinajstić information content (AvgIpc) is 2.59. The van der Waals surface area contributed by atoms with Gasteiger partial charge in [-0.2, -0.15) is 0 Å². The first-order chi connectivity index (χ1) is 8.03. The molecule has 0 aromatic heterocycles. The second kappa shape index (κ2) is 4.49. The summed E-state index contributed by atoms with van der Waals surface area (Å²) in [5, 5.41) is 0. The van der Waals surface area contributed by atoms with Gasteiger partial charge in [-0.1, -0.05) is 31.9 Å². The minimum atomic E-state index is -3.58. The van der Waals surface area contributed by atoms with Gasteiger partial charge < -0.3 is 15.2 Å². The Kier molecular flexibility index (Phi) is 3.19. The Morgan fingerprint density at radius 1 is 1.35 bits per heavy atom. The molecule has 0 fully saturated rings. The Hall–Kier alpha value is -1.36. The van der Waals surface area contributed by atoms with Crippen LogP contribution in [0.2, 0.25) is 0 Å². The number of hydrogen-bond donors (Lipinski definition) is 1. The van der Waals surface area contributed by atoms with Gasteiger partial charge in [0.1, 0.15) is 0 Å². The first-order valence-electron chi connectivity index (χ1n) is 5.68. The monoisotopic (exact) mass is 243 g/mol. The minimum absolute atomic E-state index is 0.0550. The highest BCUT2D eigenvalue weighted by atomic mass is 19.3. The van der Waals surface area contributed by atoms with Gasteiger partial charge in [-0.15, -0.1) is 8.78 Å². The average molecular weight is 243 g/mol. The molecule has 1 aliphatic rings. The van der Waals surface area contributed by atoms with E-state index in [2.05, 4.69) is 16.4 Å². The van der Waals surface area contributed by atoms with E-state index in [0.29, 0.717) is 5.56 Å². The van der Waals surface area contributed by atoms with E-state index in [0.717, 1.165) is 19.3 Å². The first-order valence-corrected chi connectivity index (χ1v) is 5.68. The van der Waals surface area contributed by atoms with Crippen LogP contribution in [0.5, 0.6) is 11.5 Å². The Labute approximate surface area is 98.5 Å². The first kappa shape index (κ1) is 12.1. The lowest BCUT2D eigenvalue weighted by Crippen LogP contribution is -2.26. The molecule has 0 unspecified atom stereocenters. The van der Waals surface area contributed by atoms with Gasteiger partial charge in [0.15, 0.2) is 11.5 Å². The van der Waals surface area contributed by atoms with E-state index in [4.69, 9.17) is 5.73 Å². The zero-order valence-electron chi connectivity index (χ0n) is 9.58. The summed E-state index contributed by atoms with van der Waals surface area (Å²) in [6.45, 7) is 2.05. The van der Waals surface area contributed by atoms with Gasteiger partial charge in [0.2, 0.25) is 0 Å². The van der Waals surface area contributed by atoms with Crippen LogP contribution in [-0.4, -0.2) is 6.29 Å². The molecule has 1 aromatic carbocycles. The molecular formula is C12H15F2NO2. The predicted molar refractivity (Wildman–Crippen MR) is 59.1 cm³/mol. The Bertz CT molecular complexity index is 409. The van der Waals surface area contributed by atoms with Gasteiger partial charge >= 0.3 is 6.29 Å². The van der Waals surface area contributed by atoms with E-state index in [-0.39, 0.29) is 17.5 Å². The summed E-state index contributed by atoms with van der Waals surface area (Å²) in [6, 6.07) is 4.49. The molecule has 0 spiro atoms. The van der Waals surface area contributed by atoms with Crippen LogP contribution in [0.4, 0.5) is 8.78 Å². The van der Waals surface area contributed by atoms with Gasteiger partial charge in [-0.3, -0.25) is 0 Å². The number of benzene rings is 1. The van der Waals surface area contributed by atoms with Crippen molar-refractivity contribution in [2.75, 3.05) is 0 Å². The number of alkyl halides is 2. The number of ether oxygens (including phenoxy) is 2. The van der Waals surface area contributed by atoms with Crippen molar-refractivity contribution in [1.82, 2.24) is 0 Å². The van der Waals surface area contributed by atoms with Crippen molar-refractivity contribution in [3.05, 3.63) is 23.8 Å². The van der Waals surface area contributed by atoms with Gasteiger partial charge in [-0.05, 0) is 12.5 Å². The molecule has 0 aliphatic carbocycles. The summed E-state index contributed by atoms with van der Waals surface area (Å²) < 4.78 is 34.8. The predicted octanol–water partition coefficient (Wildman–Crippen LogP) is 3.20. The number of hydrogen-bond acceptors (Lipinski definition) is 3. The summed E-state index contributed by atoms with van der Waals surface area (Å²) in [7, 11) is 0. The smallest absolute Gasteiger partial charge is 0.395 e.